The molecule has 0 amide bonds. The topological polar surface area (TPSA) is 103 Å². The number of nitrogens with zero attached hydrogens (tertiary/aromatic N) is 4. The first-order valence-electron chi connectivity index (χ1n) is 9.32. The van der Waals surface area contributed by atoms with Gasteiger partial charge >= 0.3 is 0 Å². The quantitative estimate of drug-likeness (QED) is 0.718. The van der Waals surface area contributed by atoms with E-state index in [9.17, 15) is 0 Å². The Morgan fingerprint density at radius 3 is 2.04 bits per heavy atom. The Labute approximate surface area is 164 Å². The van der Waals surface area contributed by atoms with Crippen molar-refractivity contribution in [3.63, 3.8) is 0 Å². The fourth-order valence-electron chi connectivity index (χ4n) is 3.50. The molecule has 1 fully saturated rings. The molecule has 7 nitrogen and oxygen atoms in total. The minimum absolute atomic E-state index is 0.0152. The molecule has 0 spiro atoms. The number of hydrogen-bond acceptors (Lipinski definition) is 7. The summed E-state index contributed by atoms with van der Waals surface area (Å²) >= 11 is 0. The molecule has 7 heteroatoms. The third-order valence-corrected chi connectivity index (χ3v) is 4.87. The highest BCUT2D eigenvalue weighted by Crippen LogP contribution is 2.28. The van der Waals surface area contributed by atoms with Crippen molar-refractivity contribution in [2.45, 2.75) is 18.5 Å². The standard InChI is InChI=1S/C21H24N6O/c1-28-18-4-2-14(3-5-18)19-11-20(15-6-8-24-9-7-15)26-21(25-19)27-12-16(22)10-17(23)13-27/h2-9,11,16-17H,10,12-13,22-23H2,1H3/t16-,17+. The summed E-state index contributed by atoms with van der Waals surface area (Å²) in [6.07, 6.45) is 4.33. The minimum Gasteiger partial charge on any atom is -0.497 e. The fourth-order valence-corrected chi connectivity index (χ4v) is 3.50. The number of anilines is 1. The van der Waals surface area contributed by atoms with Gasteiger partial charge in [0.2, 0.25) is 5.95 Å². The van der Waals surface area contributed by atoms with Crippen molar-refractivity contribution in [1.82, 2.24) is 15.0 Å². The monoisotopic (exact) mass is 376 g/mol. The molecular formula is C21H24N6O. The van der Waals surface area contributed by atoms with Crippen LogP contribution in [0.1, 0.15) is 6.42 Å². The smallest absolute Gasteiger partial charge is 0.226 e. The summed E-state index contributed by atoms with van der Waals surface area (Å²) < 4.78 is 5.26. The van der Waals surface area contributed by atoms with E-state index in [-0.39, 0.29) is 12.1 Å². The van der Waals surface area contributed by atoms with Gasteiger partial charge < -0.3 is 21.1 Å². The van der Waals surface area contributed by atoms with E-state index in [2.05, 4.69) is 9.88 Å². The molecule has 0 aliphatic carbocycles. The fraction of sp³-hybridized carbons (Fsp3) is 0.286. The third-order valence-electron chi connectivity index (χ3n) is 4.87. The van der Waals surface area contributed by atoms with Crippen LogP contribution in [0.25, 0.3) is 22.5 Å². The molecule has 1 saturated heterocycles. The molecule has 1 aromatic carbocycles. The average molecular weight is 376 g/mol. The zero-order valence-electron chi connectivity index (χ0n) is 15.8. The lowest BCUT2D eigenvalue weighted by Crippen LogP contribution is -2.52. The van der Waals surface area contributed by atoms with E-state index < -0.39 is 0 Å². The third kappa shape index (κ3) is 3.95. The number of pyridine rings is 1. The molecule has 0 radical (unpaired) electrons. The molecule has 0 bridgehead atoms. The summed E-state index contributed by atoms with van der Waals surface area (Å²) in [5, 5.41) is 0. The molecule has 28 heavy (non-hydrogen) atoms. The van der Waals surface area contributed by atoms with Gasteiger partial charge in [0.15, 0.2) is 0 Å². The Morgan fingerprint density at radius 2 is 1.46 bits per heavy atom. The number of benzene rings is 1. The molecule has 2 aromatic heterocycles. The van der Waals surface area contributed by atoms with E-state index in [1.807, 2.05) is 42.5 Å². The van der Waals surface area contributed by atoms with Gasteiger partial charge in [-0.2, -0.15) is 0 Å². The van der Waals surface area contributed by atoms with Crippen LogP contribution in [0.15, 0.2) is 54.9 Å². The molecule has 0 unspecified atom stereocenters. The Hall–Kier alpha value is -3.03. The van der Waals surface area contributed by atoms with Gasteiger partial charge in [0.25, 0.3) is 0 Å². The Morgan fingerprint density at radius 1 is 0.893 bits per heavy atom. The van der Waals surface area contributed by atoms with E-state index in [1.165, 1.54) is 0 Å². The molecule has 2 atom stereocenters. The van der Waals surface area contributed by atoms with Crippen molar-refractivity contribution in [1.29, 1.82) is 0 Å². The second kappa shape index (κ2) is 7.92. The lowest BCUT2D eigenvalue weighted by atomic mass is 10.0. The van der Waals surface area contributed by atoms with Gasteiger partial charge in [-0.3, -0.25) is 4.98 Å². The van der Waals surface area contributed by atoms with E-state index in [4.69, 9.17) is 26.2 Å². The predicted molar refractivity (Wildman–Crippen MR) is 110 cm³/mol. The summed E-state index contributed by atoms with van der Waals surface area (Å²) in [5.41, 5.74) is 16.0. The number of aromatic nitrogens is 3. The summed E-state index contributed by atoms with van der Waals surface area (Å²) in [6.45, 7) is 1.38. The molecular weight excluding hydrogens is 352 g/mol. The summed E-state index contributed by atoms with van der Waals surface area (Å²) in [6, 6.07) is 13.7. The first kappa shape index (κ1) is 18.3. The first-order valence-corrected chi connectivity index (χ1v) is 9.32. The van der Waals surface area contributed by atoms with Gasteiger partial charge in [-0.1, -0.05) is 0 Å². The Bertz CT molecular complexity index is 921. The SMILES string of the molecule is COc1ccc(-c2cc(-c3ccncc3)nc(N3C[C@H](N)C[C@H](N)C3)n2)cc1. The highest BCUT2D eigenvalue weighted by molar-refractivity contribution is 5.69. The van der Waals surface area contributed by atoms with E-state index in [0.717, 1.165) is 34.7 Å². The van der Waals surface area contributed by atoms with Crippen LogP contribution < -0.4 is 21.1 Å². The molecule has 3 aromatic rings. The number of rotatable bonds is 4. The van der Waals surface area contributed by atoms with Gasteiger partial charge in [0.05, 0.1) is 18.5 Å². The van der Waals surface area contributed by atoms with Crippen molar-refractivity contribution in [2.24, 2.45) is 11.5 Å². The van der Waals surface area contributed by atoms with Crippen molar-refractivity contribution in [3.05, 3.63) is 54.9 Å². The van der Waals surface area contributed by atoms with Crippen LogP contribution in [0.2, 0.25) is 0 Å². The van der Waals surface area contributed by atoms with Crippen LogP contribution in [0.4, 0.5) is 5.95 Å². The average Bonchev–Trinajstić information content (AvgIpc) is 2.73. The van der Waals surface area contributed by atoms with Crippen LogP contribution >= 0.6 is 0 Å². The van der Waals surface area contributed by atoms with E-state index in [0.29, 0.717) is 19.0 Å². The number of piperidine rings is 1. The second-order valence-electron chi connectivity index (χ2n) is 7.06. The normalized spacial score (nSPS) is 19.5. The van der Waals surface area contributed by atoms with Crippen molar-refractivity contribution < 1.29 is 4.74 Å². The predicted octanol–water partition coefficient (Wildman–Crippen LogP) is 2.08. The molecule has 4 N–H and O–H groups in total. The summed E-state index contributed by atoms with van der Waals surface area (Å²) in [5.74, 6) is 1.45. The second-order valence-corrected chi connectivity index (χ2v) is 7.06. The summed E-state index contributed by atoms with van der Waals surface area (Å²) in [7, 11) is 1.65. The van der Waals surface area contributed by atoms with Gasteiger partial charge in [-0.05, 0) is 48.9 Å². The van der Waals surface area contributed by atoms with E-state index >= 15 is 0 Å². The largest absolute Gasteiger partial charge is 0.497 e. The van der Waals surface area contributed by atoms with Crippen LogP contribution in [0.5, 0.6) is 5.75 Å². The van der Waals surface area contributed by atoms with Crippen LogP contribution in [-0.2, 0) is 0 Å². The molecule has 144 valence electrons. The lowest BCUT2D eigenvalue weighted by molar-refractivity contribution is 0.415. The number of methoxy groups -OCH3 is 1. The van der Waals surface area contributed by atoms with Crippen molar-refractivity contribution >= 4 is 5.95 Å². The van der Waals surface area contributed by atoms with Crippen molar-refractivity contribution in [2.75, 3.05) is 25.1 Å². The maximum Gasteiger partial charge on any atom is 0.226 e. The maximum absolute atomic E-state index is 6.18. The molecule has 1 aliphatic heterocycles. The highest BCUT2D eigenvalue weighted by Gasteiger charge is 2.25. The first-order chi connectivity index (χ1) is 13.6. The zero-order chi connectivity index (χ0) is 19.5. The van der Waals surface area contributed by atoms with Crippen molar-refractivity contribution in [3.8, 4) is 28.3 Å². The Balaban J connectivity index is 1.78. The molecule has 3 heterocycles. The van der Waals surface area contributed by atoms with Gasteiger partial charge in [0, 0.05) is 48.7 Å². The zero-order valence-corrected chi connectivity index (χ0v) is 15.8. The minimum atomic E-state index is 0.0152. The van der Waals surface area contributed by atoms with Gasteiger partial charge in [-0.25, -0.2) is 9.97 Å². The molecule has 0 saturated carbocycles. The number of hydrogen-bond donors (Lipinski definition) is 2. The summed E-state index contributed by atoms with van der Waals surface area (Å²) in [4.78, 5) is 15.8. The highest BCUT2D eigenvalue weighted by atomic mass is 16.5. The molecule has 1 aliphatic rings. The van der Waals surface area contributed by atoms with Gasteiger partial charge in [-0.15, -0.1) is 0 Å². The van der Waals surface area contributed by atoms with Crippen LogP contribution in [0, 0.1) is 0 Å². The van der Waals surface area contributed by atoms with E-state index in [1.54, 1.807) is 19.5 Å². The number of ether oxygens (including phenoxy) is 1. The number of nitrogens with two attached hydrogens (primary N) is 2. The van der Waals surface area contributed by atoms with Crippen LogP contribution in [0.3, 0.4) is 0 Å². The van der Waals surface area contributed by atoms with Gasteiger partial charge in [0.1, 0.15) is 5.75 Å². The maximum atomic E-state index is 6.18. The Kier molecular flexibility index (Phi) is 5.18. The lowest BCUT2D eigenvalue weighted by Gasteiger charge is -2.34. The molecule has 4 rings (SSSR count). The van der Waals surface area contributed by atoms with Crippen LogP contribution in [-0.4, -0.2) is 47.2 Å².